The molecule has 0 aliphatic carbocycles. The van der Waals surface area contributed by atoms with Crippen molar-refractivity contribution in [1.82, 2.24) is 9.88 Å². The highest BCUT2D eigenvalue weighted by atomic mass is 16.5. The Morgan fingerprint density at radius 3 is 2.44 bits per heavy atom. The van der Waals surface area contributed by atoms with E-state index in [4.69, 9.17) is 9.72 Å². The average Bonchev–Trinajstić information content (AvgIpc) is 2.55. The van der Waals surface area contributed by atoms with Crippen LogP contribution in [-0.4, -0.2) is 54.3 Å². The van der Waals surface area contributed by atoms with Gasteiger partial charge in [0.15, 0.2) is 0 Å². The molecule has 0 radical (unpaired) electrons. The molecule has 4 heteroatoms. The van der Waals surface area contributed by atoms with E-state index >= 15 is 0 Å². The molecule has 0 saturated carbocycles. The smallest absolute Gasteiger partial charge is 0.0645 e. The molecule has 1 aromatic rings. The first-order chi connectivity index (χ1) is 12.0. The Kier molecular flexibility index (Phi) is 7.26. The molecule has 1 aromatic heterocycles. The third kappa shape index (κ3) is 4.73. The lowest BCUT2D eigenvalue weighted by Crippen LogP contribution is -2.64. The number of pyridine rings is 1. The summed E-state index contributed by atoms with van der Waals surface area (Å²) < 4.78 is 5.36. The molecule has 0 aromatic carbocycles. The molecule has 1 unspecified atom stereocenters. The van der Waals surface area contributed by atoms with Gasteiger partial charge in [-0.2, -0.15) is 0 Å². The molecule has 4 nitrogen and oxygen atoms in total. The van der Waals surface area contributed by atoms with Gasteiger partial charge in [-0.15, -0.1) is 0 Å². The Morgan fingerprint density at radius 2 is 1.96 bits per heavy atom. The Morgan fingerprint density at radius 1 is 1.24 bits per heavy atom. The molecule has 2 aliphatic heterocycles. The summed E-state index contributed by atoms with van der Waals surface area (Å²) in [6.45, 7) is 18.3. The monoisotopic (exact) mass is 347 g/mol. The van der Waals surface area contributed by atoms with Gasteiger partial charge in [0.1, 0.15) is 0 Å². The second-order valence-corrected chi connectivity index (χ2v) is 7.76. The summed E-state index contributed by atoms with van der Waals surface area (Å²) in [5.74, 6) is 0.553. The van der Waals surface area contributed by atoms with Crippen LogP contribution in [0.2, 0.25) is 0 Å². The first-order valence-electron chi connectivity index (χ1n) is 10.1. The zero-order chi connectivity index (χ0) is 18.4. The molecule has 3 rings (SSSR count). The SMILES string of the molecule is CC.CCCC(C)c1ccc(N2CCN(C3COC3)CC2(C)C)cn1. The van der Waals surface area contributed by atoms with Crippen LogP contribution in [0, 0.1) is 0 Å². The summed E-state index contributed by atoms with van der Waals surface area (Å²) in [5.41, 5.74) is 2.61. The number of hydrogen-bond acceptors (Lipinski definition) is 4. The van der Waals surface area contributed by atoms with Crippen LogP contribution >= 0.6 is 0 Å². The third-order valence-corrected chi connectivity index (χ3v) is 5.38. The largest absolute Gasteiger partial charge is 0.378 e. The van der Waals surface area contributed by atoms with Crippen molar-refractivity contribution in [3.05, 3.63) is 24.0 Å². The second kappa shape index (κ2) is 9.00. The fourth-order valence-corrected chi connectivity index (χ4v) is 3.85. The zero-order valence-electron chi connectivity index (χ0n) is 17.1. The molecular formula is C21H37N3O. The third-order valence-electron chi connectivity index (χ3n) is 5.38. The molecule has 2 aliphatic rings. The van der Waals surface area contributed by atoms with E-state index in [0.717, 1.165) is 32.8 Å². The van der Waals surface area contributed by atoms with E-state index in [1.165, 1.54) is 24.2 Å². The first kappa shape index (κ1) is 20.2. The van der Waals surface area contributed by atoms with Crippen LogP contribution in [0.15, 0.2) is 18.3 Å². The van der Waals surface area contributed by atoms with Crippen molar-refractivity contribution in [1.29, 1.82) is 0 Å². The van der Waals surface area contributed by atoms with Crippen molar-refractivity contribution in [3.8, 4) is 0 Å². The Bertz CT molecular complexity index is 510. The number of ether oxygens (including phenoxy) is 1. The highest BCUT2D eigenvalue weighted by molar-refractivity contribution is 5.48. The Balaban J connectivity index is 0.00000109. The van der Waals surface area contributed by atoms with Gasteiger partial charge in [-0.1, -0.05) is 34.1 Å². The van der Waals surface area contributed by atoms with Gasteiger partial charge in [0, 0.05) is 30.9 Å². The lowest BCUT2D eigenvalue weighted by atomic mass is 9.96. The van der Waals surface area contributed by atoms with E-state index < -0.39 is 0 Å². The molecule has 2 saturated heterocycles. The van der Waals surface area contributed by atoms with E-state index in [1.807, 2.05) is 13.8 Å². The van der Waals surface area contributed by atoms with Gasteiger partial charge >= 0.3 is 0 Å². The van der Waals surface area contributed by atoms with Crippen LogP contribution in [0.1, 0.15) is 66.0 Å². The van der Waals surface area contributed by atoms with Gasteiger partial charge in [-0.3, -0.25) is 9.88 Å². The minimum Gasteiger partial charge on any atom is -0.378 e. The quantitative estimate of drug-likeness (QED) is 0.793. The van der Waals surface area contributed by atoms with Gasteiger partial charge in [-0.25, -0.2) is 0 Å². The summed E-state index contributed by atoms with van der Waals surface area (Å²) in [4.78, 5) is 9.85. The van der Waals surface area contributed by atoms with Crippen LogP contribution in [0.5, 0.6) is 0 Å². The standard InChI is InChI=1S/C19H31N3O.C2H6/c1-5-6-15(2)18-8-7-16(11-20-18)22-10-9-21(14-19(22,3)4)17-12-23-13-17;1-2/h7-8,11,15,17H,5-6,9-10,12-14H2,1-4H3;1-2H3. The summed E-state index contributed by atoms with van der Waals surface area (Å²) in [5, 5.41) is 0. The van der Waals surface area contributed by atoms with Gasteiger partial charge in [-0.05, 0) is 38.3 Å². The normalized spacial score (nSPS) is 21.9. The molecule has 0 bridgehead atoms. The van der Waals surface area contributed by atoms with Crippen LogP contribution in [-0.2, 0) is 4.74 Å². The molecule has 142 valence electrons. The van der Waals surface area contributed by atoms with Crippen molar-refractivity contribution < 1.29 is 4.74 Å². The molecule has 2 fully saturated rings. The number of aromatic nitrogens is 1. The average molecular weight is 348 g/mol. The molecule has 1 atom stereocenters. The van der Waals surface area contributed by atoms with Gasteiger partial charge in [0.2, 0.25) is 0 Å². The van der Waals surface area contributed by atoms with Gasteiger partial charge in [0.05, 0.1) is 31.1 Å². The fraction of sp³-hybridized carbons (Fsp3) is 0.762. The molecule has 3 heterocycles. The van der Waals surface area contributed by atoms with E-state index in [9.17, 15) is 0 Å². The number of rotatable bonds is 5. The van der Waals surface area contributed by atoms with E-state index in [2.05, 4.69) is 55.8 Å². The second-order valence-electron chi connectivity index (χ2n) is 7.76. The predicted octanol–water partition coefficient (Wildman–Crippen LogP) is 4.31. The van der Waals surface area contributed by atoms with Crippen molar-refractivity contribution in [2.45, 2.75) is 71.9 Å². The van der Waals surface area contributed by atoms with Gasteiger partial charge < -0.3 is 9.64 Å². The predicted molar refractivity (Wildman–Crippen MR) is 107 cm³/mol. The summed E-state index contributed by atoms with van der Waals surface area (Å²) in [7, 11) is 0. The number of anilines is 1. The van der Waals surface area contributed by atoms with Gasteiger partial charge in [0.25, 0.3) is 0 Å². The number of hydrogen-bond donors (Lipinski definition) is 0. The summed E-state index contributed by atoms with van der Waals surface area (Å²) in [6.07, 6.45) is 4.50. The molecule has 25 heavy (non-hydrogen) atoms. The summed E-state index contributed by atoms with van der Waals surface area (Å²) >= 11 is 0. The number of nitrogens with zero attached hydrogens (tertiary/aromatic N) is 3. The maximum absolute atomic E-state index is 5.36. The van der Waals surface area contributed by atoms with Crippen LogP contribution < -0.4 is 4.90 Å². The number of piperazine rings is 1. The van der Waals surface area contributed by atoms with Crippen LogP contribution in [0.25, 0.3) is 0 Å². The maximum atomic E-state index is 5.36. The van der Waals surface area contributed by atoms with E-state index in [1.54, 1.807) is 0 Å². The molecule has 0 N–H and O–H groups in total. The molecular weight excluding hydrogens is 310 g/mol. The van der Waals surface area contributed by atoms with Crippen molar-refractivity contribution in [3.63, 3.8) is 0 Å². The molecule has 0 amide bonds. The van der Waals surface area contributed by atoms with Crippen LogP contribution in [0.3, 0.4) is 0 Å². The topological polar surface area (TPSA) is 28.6 Å². The lowest BCUT2D eigenvalue weighted by molar-refractivity contribution is -0.0741. The van der Waals surface area contributed by atoms with E-state index in [-0.39, 0.29) is 5.54 Å². The van der Waals surface area contributed by atoms with Crippen molar-refractivity contribution >= 4 is 5.69 Å². The summed E-state index contributed by atoms with van der Waals surface area (Å²) in [6, 6.07) is 5.11. The Labute approximate surface area is 154 Å². The first-order valence-corrected chi connectivity index (χ1v) is 10.1. The van der Waals surface area contributed by atoms with Crippen molar-refractivity contribution in [2.24, 2.45) is 0 Å². The van der Waals surface area contributed by atoms with E-state index in [0.29, 0.717) is 12.0 Å². The highest BCUT2D eigenvalue weighted by Gasteiger charge is 2.38. The minimum absolute atomic E-state index is 0.131. The zero-order valence-corrected chi connectivity index (χ0v) is 17.1. The van der Waals surface area contributed by atoms with Crippen LogP contribution in [0.4, 0.5) is 5.69 Å². The Hall–Kier alpha value is -1.13. The highest BCUT2D eigenvalue weighted by Crippen LogP contribution is 2.30. The molecule has 0 spiro atoms. The minimum atomic E-state index is 0.131. The maximum Gasteiger partial charge on any atom is 0.0645 e. The van der Waals surface area contributed by atoms with Crippen molar-refractivity contribution in [2.75, 3.05) is 37.7 Å². The lowest BCUT2D eigenvalue weighted by Gasteiger charge is -2.51. The fourth-order valence-electron chi connectivity index (χ4n) is 3.85.